The van der Waals surface area contributed by atoms with Gasteiger partial charge in [0.15, 0.2) is 0 Å². The van der Waals surface area contributed by atoms with Gasteiger partial charge in [-0.1, -0.05) is 26.3 Å². The molecular weight excluding hydrogens is 760 g/mol. The Hall–Kier alpha value is -5.42. The number of esters is 4. The first-order chi connectivity index (χ1) is 27.8. The van der Waals surface area contributed by atoms with Crippen LogP contribution >= 0.6 is 0 Å². The van der Waals surface area contributed by atoms with Gasteiger partial charge in [-0.15, -0.1) is 0 Å². The van der Waals surface area contributed by atoms with E-state index in [9.17, 15) is 19.2 Å². The lowest BCUT2D eigenvalue weighted by molar-refractivity contribution is -0.141. The van der Waals surface area contributed by atoms with E-state index >= 15 is 0 Å². The van der Waals surface area contributed by atoms with E-state index in [0.717, 1.165) is 0 Å². The number of hydrogen-bond acceptors (Lipinski definition) is 16. The molecular formula is C42H56O16. The Morgan fingerprint density at radius 3 is 0.724 bits per heavy atom. The molecule has 0 spiro atoms. The SMILES string of the molecule is C=C(C)C(=O)OCCOCCOc1ccc(OCCOCCOC(=O)C(=C)C)c2c(OCCOCCOC(=O)C(=C)C)ccc(OCCOCCOC(=O)C(=C)C)c12. The van der Waals surface area contributed by atoms with Gasteiger partial charge < -0.3 is 56.8 Å². The number of ether oxygens (including phenoxy) is 12. The third-order valence-corrected chi connectivity index (χ3v) is 7.19. The Morgan fingerprint density at radius 1 is 0.345 bits per heavy atom. The number of fused-ring (bicyclic) bond motifs is 1. The maximum atomic E-state index is 11.6. The molecule has 58 heavy (non-hydrogen) atoms. The first kappa shape index (κ1) is 48.7. The lowest BCUT2D eigenvalue weighted by Gasteiger charge is -2.20. The molecule has 0 saturated heterocycles. The molecule has 0 aromatic heterocycles. The Kier molecular flexibility index (Phi) is 23.6. The van der Waals surface area contributed by atoms with Crippen LogP contribution in [-0.2, 0) is 57.1 Å². The summed E-state index contributed by atoms with van der Waals surface area (Å²) in [6, 6.07) is 6.90. The van der Waals surface area contributed by atoms with Crippen LogP contribution in [0, 0.1) is 0 Å². The summed E-state index contributed by atoms with van der Waals surface area (Å²) < 4.78 is 67.3. The Labute approximate surface area is 339 Å². The molecule has 0 aliphatic heterocycles. The van der Waals surface area contributed by atoms with Crippen molar-refractivity contribution in [2.45, 2.75) is 27.7 Å². The first-order valence-corrected chi connectivity index (χ1v) is 18.6. The van der Waals surface area contributed by atoms with Crippen molar-refractivity contribution in [2.24, 2.45) is 0 Å². The molecule has 0 N–H and O–H groups in total. The maximum absolute atomic E-state index is 11.6. The zero-order valence-corrected chi connectivity index (χ0v) is 34.0. The molecule has 0 bridgehead atoms. The minimum absolute atomic E-state index is 0.0600. The van der Waals surface area contributed by atoms with Gasteiger partial charge in [-0.2, -0.15) is 0 Å². The topological polar surface area (TPSA) is 179 Å². The minimum atomic E-state index is -0.498. The van der Waals surface area contributed by atoms with Crippen molar-refractivity contribution in [3.05, 3.63) is 72.9 Å². The predicted molar refractivity (Wildman–Crippen MR) is 212 cm³/mol. The van der Waals surface area contributed by atoms with Gasteiger partial charge in [0, 0.05) is 22.3 Å². The van der Waals surface area contributed by atoms with E-state index in [1.54, 1.807) is 52.0 Å². The standard InChI is InChI=1S/C42H56O16/c1-29(2)39(43)55-25-17-47-13-21-51-33-9-10-35(53-23-15-49-19-27-57-41(45)31(5)6)38-36(54-24-16-50-20-28-58-42(46)32(7)8)12-11-34(37(33)38)52-22-14-48-18-26-56-40(44)30(3)4/h9-12H,1,3,5,7,13-28H2,2,4,6,8H3. The van der Waals surface area contributed by atoms with Gasteiger partial charge in [0.05, 0.1) is 63.6 Å². The van der Waals surface area contributed by atoms with Crippen LogP contribution in [0.2, 0.25) is 0 Å². The summed E-state index contributed by atoms with van der Waals surface area (Å²) in [5.41, 5.74) is 1.18. The molecule has 0 aliphatic rings. The Morgan fingerprint density at radius 2 is 0.534 bits per heavy atom. The van der Waals surface area contributed by atoms with Gasteiger partial charge in [0.25, 0.3) is 0 Å². The quantitative estimate of drug-likeness (QED) is 0.0421. The van der Waals surface area contributed by atoms with Crippen LogP contribution in [0.4, 0.5) is 0 Å². The minimum Gasteiger partial charge on any atom is -0.490 e. The van der Waals surface area contributed by atoms with Gasteiger partial charge in [0.2, 0.25) is 0 Å². The molecule has 0 heterocycles. The lowest BCUT2D eigenvalue weighted by atomic mass is 10.1. The molecule has 0 saturated carbocycles. The van der Waals surface area contributed by atoms with E-state index in [-0.39, 0.29) is 106 Å². The van der Waals surface area contributed by atoms with Crippen LogP contribution < -0.4 is 18.9 Å². The molecule has 2 aromatic carbocycles. The van der Waals surface area contributed by atoms with Crippen LogP contribution in [0.3, 0.4) is 0 Å². The number of hydrogen-bond donors (Lipinski definition) is 0. The molecule has 16 nitrogen and oxygen atoms in total. The summed E-state index contributed by atoms with van der Waals surface area (Å²) in [6.45, 7) is 22.6. The van der Waals surface area contributed by atoms with Gasteiger partial charge in [0.1, 0.15) is 75.9 Å². The van der Waals surface area contributed by atoms with Gasteiger partial charge >= 0.3 is 23.9 Å². The predicted octanol–water partition coefficient (Wildman–Crippen LogP) is 4.90. The summed E-state index contributed by atoms with van der Waals surface area (Å²) in [4.78, 5) is 46.5. The van der Waals surface area contributed by atoms with Crippen molar-refractivity contribution in [1.82, 2.24) is 0 Å². The summed E-state index contributed by atoms with van der Waals surface area (Å²) in [5.74, 6) is -0.274. The largest absolute Gasteiger partial charge is 0.490 e. The van der Waals surface area contributed by atoms with E-state index in [1.165, 1.54) is 0 Å². The lowest BCUT2D eigenvalue weighted by Crippen LogP contribution is -2.15. The molecule has 2 aromatic rings. The molecule has 0 amide bonds. The second-order valence-electron chi connectivity index (χ2n) is 12.4. The van der Waals surface area contributed by atoms with Crippen molar-refractivity contribution >= 4 is 34.6 Å². The molecule has 0 atom stereocenters. The fraction of sp³-hybridized carbons (Fsp3) is 0.476. The Bertz CT molecular complexity index is 1460. The highest BCUT2D eigenvalue weighted by atomic mass is 16.6. The highest BCUT2D eigenvalue weighted by molar-refractivity contribution is 6.02. The van der Waals surface area contributed by atoms with Crippen LogP contribution in [-0.4, -0.2) is 130 Å². The highest BCUT2D eigenvalue weighted by Gasteiger charge is 2.19. The van der Waals surface area contributed by atoms with Gasteiger partial charge in [-0.3, -0.25) is 0 Å². The summed E-state index contributed by atoms with van der Waals surface area (Å²) >= 11 is 0. The van der Waals surface area contributed by atoms with E-state index in [4.69, 9.17) is 56.8 Å². The highest BCUT2D eigenvalue weighted by Crippen LogP contribution is 2.44. The van der Waals surface area contributed by atoms with Crippen LogP contribution in [0.15, 0.2) is 72.9 Å². The molecule has 2 rings (SSSR count). The number of carbonyl (C=O) groups excluding carboxylic acids is 4. The maximum Gasteiger partial charge on any atom is 0.333 e. The number of carbonyl (C=O) groups is 4. The molecule has 0 fully saturated rings. The van der Waals surface area contributed by atoms with Crippen molar-refractivity contribution in [2.75, 3.05) is 106 Å². The van der Waals surface area contributed by atoms with Crippen molar-refractivity contribution in [1.29, 1.82) is 0 Å². The van der Waals surface area contributed by atoms with Crippen LogP contribution in [0.25, 0.3) is 10.8 Å². The molecule has 0 radical (unpaired) electrons. The van der Waals surface area contributed by atoms with E-state index in [0.29, 0.717) is 56.1 Å². The zero-order chi connectivity index (χ0) is 42.7. The average molecular weight is 817 g/mol. The summed E-state index contributed by atoms with van der Waals surface area (Å²) in [7, 11) is 0. The van der Waals surface area contributed by atoms with Crippen molar-refractivity contribution in [3.63, 3.8) is 0 Å². The normalized spacial score (nSPS) is 10.6. The van der Waals surface area contributed by atoms with Crippen LogP contribution in [0.5, 0.6) is 23.0 Å². The molecule has 320 valence electrons. The van der Waals surface area contributed by atoms with Crippen LogP contribution in [0.1, 0.15) is 27.7 Å². The zero-order valence-electron chi connectivity index (χ0n) is 34.0. The first-order valence-electron chi connectivity index (χ1n) is 18.6. The monoisotopic (exact) mass is 816 g/mol. The second kappa shape index (κ2) is 28.1. The van der Waals surface area contributed by atoms with E-state index < -0.39 is 23.9 Å². The fourth-order valence-corrected chi connectivity index (χ4v) is 4.37. The summed E-state index contributed by atoms with van der Waals surface area (Å²) in [6.07, 6.45) is 0. The molecule has 16 heteroatoms. The van der Waals surface area contributed by atoms with Crippen molar-refractivity contribution < 1.29 is 76.0 Å². The third-order valence-electron chi connectivity index (χ3n) is 7.19. The fourth-order valence-electron chi connectivity index (χ4n) is 4.37. The smallest absolute Gasteiger partial charge is 0.333 e. The van der Waals surface area contributed by atoms with Gasteiger partial charge in [-0.05, 0) is 52.0 Å². The second-order valence-corrected chi connectivity index (χ2v) is 12.4. The van der Waals surface area contributed by atoms with E-state index in [2.05, 4.69) is 26.3 Å². The van der Waals surface area contributed by atoms with Gasteiger partial charge in [-0.25, -0.2) is 19.2 Å². The third kappa shape index (κ3) is 19.1. The Balaban J connectivity index is 2.25. The summed E-state index contributed by atoms with van der Waals surface area (Å²) in [5, 5.41) is 1.06. The number of benzene rings is 2. The van der Waals surface area contributed by atoms with Crippen molar-refractivity contribution in [3.8, 4) is 23.0 Å². The molecule has 0 unspecified atom stereocenters. The molecule has 0 aliphatic carbocycles. The number of rotatable bonds is 32. The average Bonchev–Trinajstić information content (AvgIpc) is 3.19. The van der Waals surface area contributed by atoms with E-state index in [1.807, 2.05) is 0 Å².